The fraction of sp³-hybridized carbons (Fsp3) is 0.312. The molecule has 0 radical (unpaired) electrons. The molecular formula is C16H18N4O3S. The standard InChI is InChI=1S/C16H18N4O3S/c1-9-13(15(22)23-2)17-16(24-9)18-14(21)12-8-11(19-20-12)10-6-4-3-5-7-10/h3-7,11-12,19-20H,8H2,1-2H3,(H,17,18,21). The van der Waals surface area contributed by atoms with E-state index in [-0.39, 0.29) is 23.7 Å². The summed E-state index contributed by atoms with van der Waals surface area (Å²) in [5, 5.41) is 3.15. The highest BCUT2D eigenvalue weighted by Gasteiger charge is 2.30. The highest BCUT2D eigenvalue weighted by Crippen LogP contribution is 2.25. The largest absolute Gasteiger partial charge is 0.464 e. The van der Waals surface area contributed by atoms with Crippen LogP contribution in [0.5, 0.6) is 0 Å². The molecule has 1 aliphatic rings. The number of nitrogens with one attached hydrogen (secondary N) is 3. The number of amides is 1. The molecule has 8 heteroatoms. The summed E-state index contributed by atoms with van der Waals surface area (Å²) < 4.78 is 4.67. The van der Waals surface area contributed by atoms with Gasteiger partial charge in [0.05, 0.1) is 7.11 Å². The van der Waals surface area contributed by atoms with Crippen LogP contribution in [0.4, 0.5) is 5.13 Å². The van der Waals surface area contributed by atoms with Crippen LogP contribution >= 0.6 is 11.3 Å². The Hall–Kier alpha value is -2.29. The van der Waals surface area contributed by atoms with E-state index in [0.29, 0.717) is 16.4 Å². The van der Waals surface area contributed by atoms with Gasteiger partial charge < -0.3 is 10.1 Å². The van der Waals surface area contributed by atoms with Crippen LogP contribution in [-0.4, -0.2) is 30.0 Å². The van der Waals surface area contributed by atoms with Gasteiger partial charge in [0, 0.05) is 10.9 Å². The van der Waals surface area contributed by atoms with Gasteiger partial charge in [-0.05, 0) is 18.9 Å². The van der Waals surface area contributed by atoms with Gasteiger partial charge >= 0.3 is 5.97 Å². The van der Waals surface area contributed by atoms with Crippen LogP contribution in [0.25, 0.3) is 0 Å². The Labute approximate surface area is 143 Å². The zero-order chi connectivity index (χ0) is 17.1. The van der Waals surface area contributed by atoms with Gasteiger partial charge in [-0.25, -0.2) is 20.6 Å². The number of aromatic nitrogens is 1. The molecule has 1 aliphatic heterocycles. The second-order valence-electron chi connectivity index (χ2n) is 5.44. The number of carbonyl (C=O) groups is 2. The molecular weight excluding hydrogens is 328 g/mol. The number of nitrogens with zero attached hydrogens (tertiary/aromatic N) is 1. The highest BCUT2D eigenvalue weighted by molar-refractivity contribution is 7.16. The molecule has 2 heterocycles. The van der Waals surface area contributed by atoms with Crippen molar-refractivity contribution in [3.05, 3.63) is 46.5 Å². The number of carbonyl (C=O) groups excluding carboxylic acids is 2. The van der Waals surface area contributed by atoms with E-state index in [9.17, 15) is 9.59 Å². The Kier molecular flexibility index (Phi) is 4.89. The molecule has 2 aromatic rings. The number of ether oxygens (including phenoxy) is 1. The molecule has 1 fully saturated rings. The number of anilines is 1. The first kappa shape index (κ1) is 16.6. The Balaban J connectivity index is 1.63. The van der Waals surface area contributed by atoms with E-state index in [2.05, 4.69) is 25.9 Å². The van der Waals surface area contributed by atoms with Gasteiger partial charge in [0.1, 0.15) is 6.04 Å². The van der Waals surface area contributed by atoms with Gasteiger partial charge in [-0.1, -0.05) is 30.3 Å². The molecule has 126 valence electrons. The van der Waals surface area contributed by atoms with E-state index in [0.717, 1.165) is 5.56 Å². The molecule has 7 nitrogen and oxygen atoms in total. The van der Waals surface area contributed by atoms with Crippen LogP contribution in [0.15, 0.2) is 30.3 Å². The predicted molar refractivity (Wildman–Crippen MR) is 90.7 cm³/mol. The Morgan fingerprint density at radius 3 is 2.75 bits per heavy atom. The Bertz CT molecular complexity index is 747. The molecule has 24 heavy (non-hydrogen) atoms. The molecule has 0 spiro atoms. The molecule has 1 aromatic heterocycles. The molecule has 3 rings (SSSR count). The van der Waals surface area contributed by atoms with Crippen LogP contribution < -0.4 is 16.2 Å². The maximum absolute atomic E-state index is 12.4. The first-order chi connectivity index (χ1) is 11.6. The zero-order valence-corrected chi connectivity index (χ0v) is 14.1. The summed E-state index contributed by atoms with van der Waals surface area (Å²) in [4.78, 5) is 28.8. The van der Waals surface area contributed by atoms with Crippen molar-refractivity contribution in [1.29, 1.82) is 0 Å². The van der Waals surface area contributed by atoms with Gasteiger partial charge in [-0.15, -0.1) is 11.3 Å². The molecule has 0 saturated carbocycles. The van der Waals surface area contributed by atoms with E-state index >= 15 is 0 Å². The second kappa shape index (κ2) is 7.08. The third-order valence-electron chi connectivity index (χ3n) is 3.83. The van der Waals surface area contributed by atoms with Gasteiger partial charge in [0.25, 0.3) is 0 Å². The molecule has 0 aliphatic carbocycles. The number of rotatable bonds is 4. The lowest BCUT2D eigenvalue weighted by atomic mass is 10.0. The van der Waals surface area contributed by atoms with Crippen molar-refractivity contribution in [2.24, 2.45) is 0 Å². The van der Waals surface area contributed by atoms with Gasteiger partial charge in [0.15, 0.2) is 10.8 Å². The molecule has 0 bridgehead atoms. The summed E-state index contributed by atoms with van der Waals surface area (Å²) in [6.07, 6.45) is 0.629. The molecule has 1 amide bonds. The van der Waals surface area contributed by atoms with Crippen LogP contribution in [0, 0.1) is 6.92 Å². The van der Waals surface area contributed by atoms with E-state index < -0.39 is 5.97 Å². The first-order valence-corrected chi connectivity index (χ1v) is 8.32. The van der Waals surface area contributed by atoms with E-state index in [1.54, 1.807) is 6.92 Å². The lowest BCUT2D eigenvalue weighted by Crippen LogP contribution is -2.39. The number of methoxy groups -OCH3 is 1. The van der Waals surface area contributed by atoms with Crippen LogP contribution in [0.3, 0.4) is 0 Å². The Morgan fingerprint density at radius 2 is 2.04 bits per heavy atom. The summed E-state index contributed by atoms with van der Waals surface area (Å²) in [5.74, 6) is -0.694. The van der Waals surface area contributed by atoms with Gasteiger partial charge in [-0.3, -0.25) is 4.79 Å². The number of thiazole rings is 1. The SMILES string of the molecule is COC(=O)c1nc(NC(=O)C2CC(c3ccccc3)NN2)sc1C. The lowest BCUT2D eigenvalue weighted by Gasteiger charge is -2.09. The zero-order valence-electron chi connectivity index (χ0n) is 13.3. The molecule has 1 saturated heterocycles. The van der Waals surface area contributed by atoms with Crippen LogP contribution in [0.2, 0.25) is 0 Å². The quantitative estimate of drug-likeness (QED) is 0.731. The smallest absolute Gasteiger partial charge is 0.357 e. The summed E-state index contributed by atoms with van der Waals surface area (Å²) in [6.45, 7) is 1.76. The van der Waals surface area contributed by atoms with Crippen LogP contribution in [0.1, 0.15) is 33.4 Å². The molecule has 2 atom stereocenters. The van der Waals surface area contributed by atoms with Crippen molar-refractivity contribution in [3.63, 3.8) is 0 Å². The number of aryl methyl sites for hydroxylation is 1. The lowest BCUT2D eigenvalue weighted by molar-refractivity contribution is -0.117. The second-order valence-corrected chi connectivity index (χ2v) is 6.65. The fourth-order valence-electron chi connectivity index (χ4n) is 2.56. The number of benzene rings is 1. The van der Waals surface area contributed by atoms with Gasteiger partial charge in [-0.2, -0.15) is 0 Å². The summed E-state index contributed by atoms with van der Waals surface area (Å²) in [5.41, 5.74) is 7.49. The highest BCUT2D eigenvalue weighted by atomic mass is 32.1. The van der Waals surface area contributed by atoms with Gasteiger partial charge in [0.2, 0.25) is 5.91 Å². The summed E-state index contributed by atoms with van der Waals surface area (Å²) >= 11 is 1.25. The van der Waals surface area contributed by atoms with Crippen molar-refractivity contribution >= 4 is 28.3 Å². The minimum atomic E-state index is -0.506. The average molecular weight is 346 g/mol. The van der Waals surface area contributed by atoms with E-state index in [1.807, 2.05) is 30.3 Å². The minimum Gasteiger partial charge on any atom is -0.464 e. The monoisotopic (exact) mass is 346 g/mol. The first-order valence-electron chi connectivity index (χ1n) is 7.51. The number of hydrazine groups is 1. The fourth-order valence-corrected chi connectivity index (χ4v) is 3.36. The Morgan fingerprint density at radius 1 is 1.29 bits per heavy atom. The molecule has 1 aromatic carbocycles. The third kappa shape index (κ3) is 3.45. The van der Waals surface area contributed by atoms with Crippen molar-refractivity contribution in [2.45, 2.75) is 25.4 Å². The van der Waals surface area contributed by atoms with Crippen molar-refractivity contribution < 1.29 is 14.3 Å². The van der Waals surface area contributed by atoms with E-state index in [1.165, 1.54) is 18.4 Å². The summed E-state index contributed by atoms with van der Waals surface area (Å²) in [6, 6.07) is 9.64. The number of hydrogen-bond acceptors (Lipinski definition) is 7. The molecule has 3 N–H and O–H groups in total. The number of esters is 1. The van der Waals surface area contributed by atoms with Crippen molar-refractivity contribution in [3.8, 4) is 0 Å². The third-order valence-corrected chi connectivity index (χ3v) is 4.71. The maximum atomic E-state index is 12.4. The topological polar surface area (TPSA) is 92.3 Å². The van der Waals surface area contributed by atoms with Crippen molar-refractivity contribution in [1.82, 2.24) is 15.8 Å². The minimum absolute atomic E-state index is 0.0746. The maximum Gasteiger partial charge on any atom is 0.357 e. The van der Waals surface area contributed by atoms with Crippen molar-refractivity contribution in [2.75, 3.05) is 12.4 Å². The average Bonchev–Trinajstić information content (AvgIpc) is 3.22. The predicted octanol–water partition coefficient (Wildman–Crippen LogP) is 1.78. The normalized spacial score (nSPS) is 19.9. The summed E-state index contributed by atoms with van der Waals surface area (Å²) in [7, 11) is 1.30. The van der Waals surface area contributed by atoms with Crippen LogP contribution in [-0.2, 0) is 9.53 Å². The number of hydrogen-bond donors (Lipinski definition) is 3. The molecule has 2 unspecified atom stereocenters. The van der Waals surface area contributed by atoms with E-state index in [4.69, 9.17) is 0 Å².